The average molecular weight is 444 g/mol. The summed E-state index contributed by atoms with van der Waals surface area (Å²) in [5.74, 6) is 1.70. The van der Waals surface area contributed by atoms with E-state index in [0.29, 0.717) is 17.6 Å². The summed E-state index contributed by atoms with van der Waals surface area (Å²) in [7, 11) is 0. The van der Waals surface area contributed by atoms with Crippen molar-refractivity contribution in [1.82, 2.24) is 25.1 Å². The fourth-order valence-corrected chi connectivity index (χ4v) is 4.48. The number of thioether (sulfide) groups is 1. The van der Waals surface area contributed by atoms with Crippen LogP contribution in [0.5, 0.6) is 5.75 Å². The van der Waals surface area contributed by atoms with Gasteiger partial charge in [-0.05, 0) is 30.3 Å². The fraction of sp³-hybridized carbons (Fsp3) is 0.167. The Balaban J connectivity index is 1.35. The minimum atomic E-state index is -0.0535. The normalized spacial score (nSPS) is 14.9. The van der Waals surface area contributed by atoms with Gasteiger partial charge < -0.3 is 10.1 Å². The molecule has 32 heavy (non-hydrogen) atoms. The Morgan fingerprint density at radius 2 is 1.91 bits per heavy atom. The van der Waals surface area contributed by atoms with Gasteiger partial charge in [0.05, 0.1) is 18.4 Å². The Morgan fingerprint density at radius 3 is 2.75 bits per heavy atom. The van der Waals surface area contributed by atoms with Gasteiger partial charge in [0.25, 0.3) is 0 Å². The van der Waals surface area contributed by atoms with E-state index in [1.54, 1.807) is 12.4 Å². The van der Waals surface area contributed by atoms with Crippen molar-refractivity contribution < 1.29 is 9.53 Å². The summed E-state index contributed by atoms with van der Waals surface area (Å²) in [6, 6.07) is 21.5. The molecule has 5 rings (SSSR count). The number of benzene rings is 2. The van der Waals surface area contributed by atoms with Crippen molar-refractivity contribution in [3.05, 3.63) is 84.7 Å². The van der Waals surface area contributed by atoms with Crippen LogP contribution in [0.3, 0.4) is 0 Å². The highest BCUT2D eigenvalue weighted by Gasteiger charge is 2.23. The number of para-hydroxylation sites is 2. The number of pyridine rings is 1. The Bertz CT molecular complexity index is 1210. The number of amides is 1. The Labute approximate surface area is 189 Å². The van der Waals surface area contributed by atoms with Crippen molar-refractivity contribution in [1.29, 1.82) is 0 Å². The molecule has 4 aromatic rings. The number of carbonyl (C=O) groups excluding carboxylic acids is 1. The number of ether oxygens (including phenoxy) is 1. The van der Waals surface area contributed by atoms with Crippen LogP contribution in [0.15, 0.2) is 84.3 Å². The lowest BCUT2D eigenvalue weighted by molar-refractivity contribution is -0.119. The zero-order valence-electron chi connectivity index (χ0n) is 17.2. The van der Waals surface area contributed by atoms with E-state index in [9.17, 15) is 4.79 Å². The molecular weight excluding hydrogens is 422 g/mol. The Morgan fingerprint density at radius 1 is 1.06 bits per heavy atom. The minimum Gasteiger partial charge on any atom is -0.493 e. The monoisotopic (exact) mass is 443 g/mol. The molecule has 1 aliphatic heterocycles. The predicted octanol–water partition coefficient (Wildman–Crippen LogP) is 4.06. The molecule has 1 N–H and O–H groups in total. The summed E-state index contributed by atoms with van der Waals surface area (Å²) in [4.78, 5) is 17.0. The number of hydrogen-bond donors (Lipinski definition) is 1. The summed E-state index contributed by atoms with van der Waals surface area (Å²) in [6.45, 7) is 0.589. The van der Waals surface area contributed by atoms with Crippen LogP contribution in [-0.2, 0) is 4.79 Å². The number of fused-ring (bicyclic) bond motifs is 1. The first-order valence-corrected chi connectivity index (χ1v) is 11.3. The number of carbonyl (C=O) groups is 1. The lowest BCUT2D eigenvalue weighted by atomic mass is 10.0. The third-order valence-corrected chi connectivity index (χ3v) is 6.12. The van der Waals surface area contributed by atoms with E-state index < -0.39 is 0 Å². The van der Waals surface area contributed by atoms with Crippen molar-refractivity contribution in [3.8, 4) is 22.8 Å². The van der Waals surface area contributed by atoms with Crippen LogP contribution in [0.2, 0.25) is 0 Å². The molecule has 1 atom stereocenters. The van der Waals surface area contributed by atoms with E-state index in [0.717, 1.165) is 29.0 Å². The van der Waals surface area contributed by atoms with Gasteiger partial charge in [0, 0.05) is 35.6 Å². The summed E-state index contributed by atoms with van der Waals surface area (Å²) < 4.78 is 7.65. The molecule has 7 nitrogen and oxygen atoms in total. The van der Waals surface area contributed by atoms with E-state index >= 15 is 0 Å². The molecule has 2 aromatic carbocycles. The van der Waals surface area contributed by atoms with Crippen LogP contribution in [0.1, 0.15) is 18.0 Å². The van der Waals surface area contributed by atoms with Gasteiger partial charge in [0.15, 0.2) is 11.0 Å². The highest BCUT2D eigenvalue weighted by atomic mass is 32.2. The van der Waals surface area contributed by atoms with Crippen molar-refractivity contribution in [2.75, 3.05) is 12.4 Å². The maximum absolute atomic E-state index is 12.8. The van der Waals surface area contributed by atoms with Gasteiger partial charge in [0.1, 0.15) is 5.75 Å². The standard InChI is InChI=1S/C24H21N5O2S/c30-22(26-20-12-14-31-21-11-5-4-10-19(20)21)16-32-24-28-27-23(17-7-6-13-25-15-17)29(24)18-8-2-1-3-9-18/h1-11,13,15,20H,12,14,16H2,(H,26,30). The maximum Gasteiger partial charge on any atom is 0.230 e. The molecule has 0 saturated carbocycles. The molecule has 8 heteroatoms. The first-order valence-electron chi connectivity index (χ1n) is 10.3. The van der Waals surface area contributed by atoms with Gasteiger partial charge in [-0.2, -0.15) is 0 Å². The number of nitrogens with one attached hydrogen (secondary N) is 1. The molecule has 0 aliphatic carbocycles. The van der Waals surface area contributed by atoms with E-state index in [4.69, 9.17) is 4.74 Å². The molecule has 0 spiro atoms. The lowest BCUT2D eigenvalue weighted by Gasteiger charge is -2.26. The van der Waals surface area contributed by atoms with Gasteiger partial charge in [-0.3, -0.25) is 14.3 Å². The SMILES string of the molecule is O=C(CSc1nnc(-c2cccnc2)n1-c1ccccc1)NC1CCOc2ccccc21. The molecule has 0 bridgehead atoms. The molecule has 0 fully saturated rings. The second-order valence-electron chi connectivity index (χ2n) is 7.30. The van der Waals surface area contributed by atoms with Gasteiger partial charge >= 0.3 is 0 Å². The highest BCUT2D eigenvalue weighted by Crippen LogP contribution is 2.32. The lowest BCUT2D eigenvalue weighted by Crippen LogP contribution is -2.33. The fourth-order valence-electron chi connectivity index (χ4n) is 3.71. The summed E-state index contributed by atoms with van der Waals surface area (Å²) in [5.41, 5.74) is 2.81. The molecule has 0 saturated heterocycles. The Hall–Kier alpha value is -3.65. The van der Waals surface area contributed by atoms with Crippen molar-refractivity contribution in [2.24, 2.45) is 0 Å². The number of nitrogens with zero attached hydrogens (tertiary/aromatic N) is 4. The number of rotatable bonds is 6. The van der Waals surface area contributed by atoms with Crippen molar-refractivity contribution in [2.45, 2.75) is 17.6 Å². The average Bonchev–Trinajstić information content (AvgIpc) is 3.28. The van der Waals surface area contributed by atoms with Gasteiger partial charge in [-0.25, -0.2) is 0 Å². The van der Waals surface area contributed by atoms with Crippen LogP contribution < -0.4 is 10.1 Å². The predicted molar refractivity (Wildman–Crippen MR) is 123 cm³/mol. The Kier molecular flexibility index (Phi) is 5.85. The number of aromatic nitrogens is 4. The van der Waals surface area contributed by atoms with Crippen molar-refractivity contribution in [3.63, 3.8) is 0 Å². The molecule has 0 radical (unpaired) electrons. The van der Waals surface area contributed by atoms with Crippen LogP contribution >= 0.6 is 11.8 Å². The first-order chi connectivity index (χ1) is 15.8. The largest absolute Gasteiger partial charge is 0.493 e. The first kappa shape index (κ1) is 20.3. The van der Waals surface area contributed by atoms with Gasteiger partial charge in [-0.1, -0.05) is 48.2 Å². The summed E-state index contributed by atoms with van der Waals surface area (Å²) >= 11 is 1.36. The molecule has 1 amide bonds. The third kappa shape index (κ3) is 4.22. The maximum atomic E-state index is 12.8. The quantitative estimate of drug-likeness (QED) is 0.453. The molecule has 160 valence electrons. The van der Waals surface area contributed by atoms with Crippen LogP contribution in [0.4, 0.5) is 0 Å². The molecule has 2 aromatic heterocycles. The van der Waals surface area contributed by atoms with Crippen LogP contribution in [0, 0.1) is 0 Å². The molecular formula is C24H21N5O2S. The van der Waals surface area contributed by atoms with E-state index in [2.05, 4.69) is 20.5 Å². The zero-order valence-corrected chi connectivity index (χ0v) is 18.0. The van der Waals surface area contributed by atoms with Crippen LogP contribution in [-0.4, -0.2) is 38.0 Å². The van der Waals surface area contributed by atoms with E-state index in [1.807, 2.05) is 71.3 Å². The zero-order chi connectivity index (χ0) is 21.8. The molecule has 1 unspecified atom stereocenters. The van der Waals surface area contributed by atoms with E-state index in [1.165, 1.54) is 11.8 Å². The number of hydrogen-bond acceptors (Lipinski definition) is 6. The second kappa shape index (κ2) is 9.23. The van der Waals surface area contributed by atoms with E-state index in [-0.39, 0.29) is 17.7 Å². The smallest absolute Gasteiger partial charge is 0.230 e. The third-order valence-electron chi connectivity index (χ3n) is 5.19. The van der Waals surface area contributed by atoms with Gasteiger partial charge in [0.2, 0.25) is 5.91 Å². The second-order valence-corrected chi connectivity index (χ2v) is 8.25. The topological polar surface area (TPSA) is 81.9 Å². The van der Waals surface area contributed by atoms with Gasteiger partial charge in [-0.15, -0.1) is 10.2 Å². The summed E-state index contributed by atoms with van der Waals surface area (Å²) in [5, 5.41) is 12.5. The molecule has 3 heterocycles. The minimum absolute atomic E-state index is 0.0500. The molecule has 1 aliphatic rings. The van der Waals surface area contributed by atoms with Crippen LogP contribution in [0.25, 0.3) is 17.1 Å². The summed E-state index contributed by atoms with van der Waals surface area (Å²) in [6.07, 6.45) is 4.23. The highest BCUT2D eigenvalue weighted by molar-refractivity contribution is 7.99. The van der Waals surface area contributed by atoms with Crippen molar-refractivity contribution >= 4 is 17.7 Å².